The van der Waals surface area contributed by atoms with Crippen molar-refractivity contribution in [3.05, 3.63) is 52.3 Å². The summed E-state index contributed by atoms with van der Waals surface area (Å²) in [4.78, 5) is 23.9. The number of hydrogen-bond donors (Lipinski definition) is 2. The Morgan fingerprint density at radius 1 is 1.09 bits per heavy atom. The van der Waals surface area contributed by atoms with Gasteiger partial charge in [-0.2, -0.15) is 5.10 Å². The van der Waals surface area contributed by atoms with Crippen molar-refractivity contribution in [1.82, 2.24) is 20.6 Å². The zero-order chi connectivity index (χ0) is 16.3. The van der Waals surface area contributed by atoms with Gasteiger partial charge in [-0.3, -0.25) is 25.1 Å². The molecule has 0 aliphatic carbocycles. The van der Waals surface area contributed by atoms with E-state index in [1.54, 1.807) is 10.7 Å². The summed E-state index contributed by atoms with van der Waals surface area (Å²) >= 11 is 0. The summed E-state index contributed by atoms with van der Waals surface area (Å²) in [5.41, 5.74) is 9.07. The fourth-order valence-electron chi connectivity index (χ4n) is 2.27. The molecule has 1 aromatic carbocycles. The molecule has 2 N–H and O–H groups in total. The van der Waals surface area contributed by atoms with E-state index in [9.17, 15) is 9.59 Å². The number of nitrogens with one attached hydrogen (secondary N) is 2. The molecular formula is C16H20N4O2. The molecule has 2 amide bonds. The predicted octanol–water partition coefficient (Wildman–Crippen LogP) is 1.58. The van der Waals surface area contributed by atoms with E-state index in [1.165, 1.54) is 0 Å². The molecule has 0 saturated carbocycles. The maximum atomic E-state index is 12.1. The number of rotatable bonds is 3. The van der Waals surface area contributed by atoms with Gasteiger partial charge in [-0.05, 0) is 45.4 Å². The molecule has 116 valence electrons. The third-order valence-corrected chi connectivity index (χ3v) is 3.34. The molecule has 0 fully saturated rings. The number of benzene rings is 1. The number of carbonyl (C=O) groups excluding carboxylic acids is 2. The van der Waals surface area contributed by atoms with Crippen molar-refractivity contribution in [1.29, 1.82) is 0 Å². The van der Waals surface area contributed by atoms with E-state index in [1.807, 2.05) is 45.9 Å². The Morgan fingerprint density at radius 3 is 2.41 bits per heavy atom. The third-order valence-electron chi connectivity index (χ3n) is 3.34. The maximum Gasteiger partial charge on any atom is 0.269 e. The SMILES string of the molecule is Cc1ccc(C(=O)NNC(=O)Cn2nc(C)cc2C)c(C)c1. The van der Waals surface area contributed by atoms with Gasteiger partial charge in [0.25, 0.3) is 11.8 Å². The van der Waals surface area contributed by atoms with E-state index >= 15 is 0 Å². The van der Waals surface area contributed by atoms with Crippen LogP contribution in [-0.2, 0) is 11.3 Å². The molecular weight excluding hydrogens is 280 g/mol. The Morgan fingerprint density at radius 2 is 1.82 bits per heavy atom. The quantitative estimate of drug-likeness (QED) is 0.845. The fourth-order valence-corrected chi connectivity index (χ4v) is 2.27. The van der Waals surface area contributed by atoms with Crippen LogP contribution in [0.25, 0.3) is 0 Å². The number of aryl methyl sites for hydroxylation is 4. The minimum Gasteiger partial charge on any atom is -0.271 e. The first kappa shape index (κ1) is 15.8. The normalized spacial score (nSPS) is 10.4. The van der Waals surface area contributed by atoms with Crippen LogP contribution in [0.5, 0.6) is 0 Å². The number of hydrazine groups is 1. The zero-order valence-corrected chi connectivity index (χ0v) is 13.2. The second-order valence-corrected chi connectivity index (χ2v) is 5.41. The molecule has 6 heteroatoms. The molecule has 0 aliphatic heterocycles. The van der Waals surface area contributed by atoms with Gasteiger partial charge in [0.05, 0.1) is 5.69 Å². The van der Waals surface area contributed by atoms with Gasteiger partial charge in [-0.25, -0.2) is 0 Å². The lowest BCUT2D eigenvalue weighted by Gasteiger charge is -2.10. The molecule has 0 radical (unpaired) electrons. The van der Waals surface area contributed by atoms with Crippen LogP contribution in [0, 0.1) is 27.7 Å². The highest BCUT2D eigenvalue weighted by Crippen LogP contribution is 2.09. The Labute approximate surface area is 129 Å². The number of carbonyl (C=O) groups is 2. The van der Waals surface area contributed by atoms with E-state index in [0.29, 0.717) is 5.56 Å². The molecule has 2 rings (SSSR count). The maximum absolute atomic E-state index is 12.1. The van der Waals surface area contributed by atoms with Crippen LogP contribution in [0.2, 0.25) is 0 Å². The molecule has 0 spiro atoms. The van der Waals surface area contributed by atoms with Gasteiger partial charge in [-0.1, -0.05) is 17.7 Å². The van der Waals surface area contributed by atoms with Gasteiger partial charge >= 0.3 is 0 Å². The van der Waals surface area contributed by atoms with Crippen LogP contribution in [0.4, 0.5) is 0 Å². The van der Waals surface area contributed by atoms with Crippen molar-refractivity contribution in [2.24, 2.45) is 0 Å². The first-order valence-electron chi connectivity index (χ1n) is 7.04. The van der Waals surface area contributed by atoms with E-state index in [0.717, 1.165) is 22.5 Å². The molecule has 0 saturated heterocycles. The van der Waals surface area contributed by atoms with Crippen LogP contribution < -0.4 is 10.9 Å². The summed E-state index contributed by atoms with van der Waals surface area (Å²) < 4.78 is 1.59. The lowest BCUT2D eigenvalue weighted by molar-refractivity contribution is -0.122. The van der Waals surface area contributed by atoms with Crippen molar-refractivity contribution >= 4 is 11.8 Å². The topological polar surface area (TPSA) is 76.0 Å². The molecule has 0 unspecified atom stereocenters. The van der Waals surface area contributed by atoms with Gasteiger partial charge in [-0.15, -0.1) is 0 Å². The second kappa shape index (κ2) is 6.43. The standard InChI is InChI=1S/C16H20N4O2/c1-10-5-6-14(11(2)7-10)16(22)18-17-15(21)9-20-13(4)8-12(3)19-20/h5-8H,9H2,1-4H3,(H,17,21)(H,18,22). The van der Waals surface area contributed by atoms with Gasteiger partial charge in [0.2, 0.25) is 0 Å². The van der Waals surface area contributed by atoms with Gasteiger partial charge in [0.1, 0.15) is 6.54 Å². The van der Waals surface area contributed by atoms with E-state index in [4.69, 9.17) is 0 Å². The summed E-state index contributed by atoms with van der Waals surface area (Å²) in [6.07, 6.45) is 0. The highest BCUT2D eigenvalue weighted by Gasteiger charge is 2.11. The van der Waals surface area contributed by atoms with Crippen molar-refractivity contribution in [3.63, 3.8) is 0 Å². The minimum atomic E-state index is -0.334. The molecule has 0 aliphatic rings. The number of nitrogens with zero attached hydrogens (tertiary/aromatic N) is 2. The number of amides is 2. The number of hydrogen-bond acceptors (Lipinski definition) is 3. The largest absolute Gasteiger partial charge is 0.271 e. The first-order chi connectivity index (χ1) is 10.4. The third kappa shape index (κ3) is 3.72. The average Bonchev–Trinajstić information content (AvgIpc) is 2.74. The monoisotopic (exact) mass is 300 g/mol. The Hall–Kier alpha value is -2.63. The second-order valence-electron chi connectivity index (χ2n) is 5.41. The smallest absolute Gasteiger partial charge is 0.269 e. The van der Waals surface area contributed by atoms with Crippen LogP contribution >= 0.6 is 0 Å². The van der Waals surface area contributed by atoms with Gasteiger partial charge in [0.15, 0.2) is 0 Å². The average molecular weight is 300 g/mol. The molecule has 6 nitrogen and oxygen atoms in total. The zero-order valence-electron chi connectivity index (χ0n) is 13.2. The van der Waals surface area contributed by atoms with Crippen LogP contribution in [0.3, 0.4) is 0 Å². The van der Waals surface area contributed by atoms with Crippen molar-refractivity contribution < 1.29 is 9.59 Å². The van der Waals surface area contributed by atoms with Crippen molar-refractivity contribution in [3.8, 4) is 0 Å². The van der Waals surface area contributed by atoms with E-state index in [-0.39, 0.29) is 18.4 Å². The van der Waals surface area contributed by atoms with E-state index in [2.05, 4.69) is 16.0 Å². The number of aromatic nitrogens is 2. The molecule has 2 aromatic rings. The molecule has 1 aromatic heterocycles. The van der Waals surface area contributed by atoms with Crippen molar-refractivity contribution in [2.75, 3.05) is 0 Å². The van der Waals surface area contributed by atoms with Crippen molar-refractivity contribution in [2.45, 2.75) is 34.2 Å². The highest BCUT2D eigenvalue weighted by molar-refractivity contribution is 5.96. The highest BCUT2D eigenvalue weighted by atomic mass is 16.2. The molecule has 1 heterocycles. The van der Waals surface area contributed by atoms with Crippen LogP contribution in [0.15, 0.2) is 24.3 Å². The lowest BCUT2D eigenvalue weighted by atomic mass is 10.1. The summed E-state index contributed by atoms with van der Waals surface area (Å²) in [6.45, 7) is 7.63. The summed E-state index contributed by atoms with van der Waals surface area (Å²) in [7, 11) is 0. The van der Waals surface area contributed by atoms with Gasteiger partial charge < -0.3 is 0 Å². The van der Waals surface area contributed by atoms with Crippen LogP contribution in [-0.4, -0.2) is 21.6 Å². The Bertz CT molecular complexity index is 719. The molecule has 0 atom stereocenters. The Balaban J connectivity index is 1.93. The summed E-state index contributed by atoms with van der Waals surface area (Å²) in [5.74, 6) is -0.663. The predicted molar refractivity (Wildman–Crippen MR) is 83.2 cm³/mol. The molecule has 0 bridgehead atoms. The summed E-state index contributed by atoms with van der Waals surface area (Å²) in [6, 6.07) is 7.42. The Kier molecular flexibility index (Phi) is 4.60. The molecule has 22 heavy (non-hydrogen) atoms. The lowest BCUT2D eigenvalue weighted by Crippen LogP contribution is -2.43. The minimum absolute atomic E-state index is 0.0623. The van der Waals surface area contributed by atoms with Crippen LogP contribution in [0.1, 0.15) is 32.9 Å². The van der Waals surface area contributed by atoms with Gasteiger partial charge in [0, 0.05) is 11.3 Å². The fraction of sp³-hybridized carbons (Fsp3) is 0.312. The summed E-state index contributed by atoms with van der Waals surface area (Å²) in [5, 5.41) is 4.20. The first-order valence-corrected chi connectivity index (χ1v) is 7.04. The van der Waals surface area contributed by atoms with E-state index < -0.39 is 0 Å².